The van der Waals surface area contributed by atoms with E-state index in [1.807, 2.05) is 24.3 Å². The lowest BCUT2D eigenvalue weighted by Crippen LogP contribution is -2.01. The van der Waals surface area contributed by atoms with Crippen molar-refractivity contribution in [2.24, 2.45) is 0 Å². The van der Waals surface area contributed by atoms with E-state index in [-0.39, 0.29) is 17.4 Å². The van der Waals surface area contributed by atoms with Crippen molar-refractivity contribution in [3.05, 3.63) is 109 Å². The number of aromatic nitrogens is 4. The summed E-state index contributed by atoms with van der Waals surface area (Å²) in [6.45, 7) is 0.967. The van der Waals surface area contributed by atoms with Crippen molar-refractivity contribution in [2.45, 2.75) is 13.1 Å². The Morgan fingerprint density at radius 3 is 1.53 bits per heavy atom. The van der Waals surface area contributed by atoms with Crippen LogP contribution in [0, 0.1) is 20.2 Å². The van der Waals surface area contributed by atoms with Gasteiger partial charge in [-0.25, -0.2) is 0 Å². The van der Waals surface area contributed by atoms with Crippen LogP contribution in [0.4, 0.5) is 11.6 Å². The fourth-order valence-corrected chi connectivity index (χ4v) is 2.90. The van der Waals surface area contributed by atoms with E-state index < -0.39 is 9.85 Å². The second-order valence-electron chi connectivity index (χ2n) is 6.55. The van der Waals surface area contributed by atoms with E-state index in [9.17, 15) is 20.2 Å². The molecule has 0 saturated heterocycles. The number of hydrogen-bond donors (Lipinski definition) is 1. The van der Waals surface area contributed by atoms with Gasteiger partial charge in [-0.3, -0.25) is 0 Å². The molecule has 164 valence electrons. The fourth-order valence-electron chi connectivity index (χ4n) is 2.64. The first kappa shape index (κ1) is 22.6. The molecule has 12 heteroatoms. The maximum Gasteiger partial charge on any atom is 0.389 e. The molecule has 0 aliphatic rings. The number of nitrogens with zero attached hydrogens (tertiary/aromatic N) is 6. The normalized spacial score (nSPS) is 10.3. The largest absolute Gasteiger partial charge is 0.508 e. The van der Waals surface area contributed by atoms with Gasteiger partial charge in [0, 0.05) is 4.47 Å². The molecule has 2 heterocycles. The summed E-state index contributed by atoms with van der Waals surface area (Å²) in [7, 11) is 0. The number of phenols is 1. The third kappa shape index (κ3) is 6.47. The quantitative estimate of drug-likeness (QED) is 0.309. The van der Waals surface area contributed by atoms with Gasteiger partial charge in [-0.05, 0) is 45.2 Å². The Kier molecular flexibility index (Phi) is 7.29. The molecule has 0 aliphatic heterocycles. The van der Waals surface area contributed by atoms with Crippen LogP contribution in [0.1, 0.15) is 11.1 Å². The van der Waals surface area contributed by atoms with Crippen molar-refractivity contribution >= 4 is 27.6 Å². The van der Waals surface area contributed by atoms with Crippen LogP contribution in [-0.2, 0) is 13.1 Å². The number of halogens is 1. The smallest absolute Gasteiger partial charge is 0.389 e. The molecule has 11 nitrogen and oxygen atoms in total. The van der Waals surface area contributed by atoms with Gasteiger partial charge in [0.25, 0.3) is 0 Å². The minimum Gasteiger partial charge on any atom is -0.508 e. The number of hydrogen-bond acceptors (Lipinski definition) is 7. The van der Waals surface area contributed by atoms with Gasteiger partial charge in [-0.1, -0.05) is 40.2 Å². The highest BCUT2D eigenvalue weighted by Crippen LogP contribution is 2.13. The van der Waals surface area contributed by atoms with Crippen LogP contribution in [0.5, 0.6) is 5.75 Å². The van der Waals surface area contributed by atoms with E-state index in [1.165, 1.54) is 16.8 Å². The van der Waals surface area contributed by atoms with E-state index in [2.05, 4.69) is 26.1 Å². The molecule has 0 radical (unpaired) electrons. The molecule has 32 heavy (non-hydrogen) atoms. The number of benzene rings is 2. The Labute approximate surface area is 190 Å². The van der Waals surface area contributed by atoms with Crippen LogP contribution in [0.15, 0.2) is 77.5 Å². The van der Waals surface area contributed by atoms with E-state index in [0.717, 1.165) is 15.6 Å². The van der Waals surface area contributed by atoms with Crippen molar-refractivity contribution in [2.75, 3.05) is 0 Å². The molecule has 0 spiro atoms. The predicted octanol–water partition coefficient (Wildman–Crippen LogP) is 4.15. The first-order valence-electron chi connectivity index (χ1n) is 9.18. The van der Waals surface area contributed by atoms with Crippen molar-refractivity contribution in [1.82, 2.24) is 19.6 Å². The molecule has 0 bridgehead atoms. The summed E-state index contributed by atoms with van der Waals surface area (Å²) >= 11 is 3.34. The molecule has 2 aromatic heterocycles. The standard InChI is InChI=1S/C10H8BrN3O2.C10H9N3O3/c11-9-3-1-8(2-4-9)7-13-6-5-10(12-13)14(15)16;14-9-3-1-8(2-4-9)7-12-6-5-10(11-12)13(15)16/h1-6H,7H2;1-6,14H,7H2. The van der Waals surface area contributed by atoms with Crippen LogP contribution < -0.4 is 0 Å². The molecule has 0 saturated carbocycles. The topological polar surface area (TPSA) is 142 Å². The molecule has 0 aliphatic carbocycles. The lowest BCUT2D eigenvalue weighted by Gasteiger charge is -1.98. The molecule has 0 amide bonds. The molecule has 1 N–H and O–H groups in total. The van der Waals surface area contributed by atoms with Crippen molar-refractivity contribution in [3.8, 4) is 5.75 Å². The maximum absolute atomic E-state index is 10.4. The zero-order chi connectivity index (χ0) is 23.1. The lowest BCUT2D eigenvalue weighted by molar-refractivity contribution is -0.390. The monoisotopic (exact) mass is 500 g/mol. The Morgan fingerprint density at radius 2 is 1.16 bits per heavy atom. The zero-order valence-electron chi connectivity index (χ0n) is 16.5. The molecule has 4 aromatic rings. The average Bonchev–Trinajstić information content (AvgIpc) is 3.42. The molecular weight excluding hydrogens is 484 g/mol. The van der Waals surface area contributed by atoms with Crippen LogP contribution in [0.25, 0.3) is 0 Å². The van der Waals surface area contributed by atoms with E-state index in [0.29, 0.717) is 13.1 Å². The second-order valence-corrected chi connectivity index (χ2v) is 7.47. The summed E-state index contributed by atoms with van der Waals surface area (Å²) in [5.74, 6) is -0.105. The van der Waals surface area contributed by atoms with Crippen LogP contribution in [0.3, 0.4) is 0 Å². The molecular formula is C20H17BrN6O5. The molecule has 0 atom stereocenters. The first-order valence-corrected chi connectivity index (χ1v) is 9.97. The minimum absolute atomic E-state index is 0.128. The van der Waals surface area contributed by atoms with Gasteiger partial charge in [0.15, 0.2) is 0 Å². The van der Waals surface area contributed by atoms with E-state index in [4.69, 9.17) is 5.11 Å². The third-order valence-electron chi connectivity index (χ3n) is 4.17. The van der Waals surface area contributed by atoms with Crippen molar-refractivity contribution in [3.63, 3.8) is 0 Å². The molecule has 4 rings (SSSR count). The number of nitro groups is 2. The van der Waals surface area contributed by atoms with E-state index >= 15 is 0 Å². The number of rotatable bonds is 6. The highest BCUT2D eigenvalue weighted by Gasteiger charge is 2.11. The number of phenolic OH excluding ortho intramolecular Hbond substituents is 1. The maximum atomic E-state index is 10.4. The van der Waals surface area contributed by atoms with Crippen LogP contribution in [0.2, 0.25) is 0 Å². The second kappa shape index (κ2) is 10.3. The van der Waals surface area contributed by atoms with Gasteiger partial charge in [-0.15, -0.1) is 0 Å². The summed E-state index contributed by atoms with van der Waals surface area (Å²) in [4.78, 5) is 19.8. The van der Waals surface area contributed by atoms with Gasteiger partial charge >= 0.3 is 11.6 Å². The minimum atomic E-state index is -0.534. The molecule has 2 aromatic carbocycles. The summed E-state index contributed by atoms with van der Waals surface area (Å²) in [5, 5.41) is 37.5. The Balaban J connectivity index is 0.000000181. The average molecular weight is 501 g/mol. The van der Waals surface area contributed by atoms with Crippen molar-refractivity contribution < 1.29 is 15.0 Å². The fraction of sp³-hybridized carbons (Fsp3) is 0.100. The van der Waals surface area contributed by atoms with Crippen molar-refractivity contribution in [1.29, 1.82) is 0 Å². The summed E-state index contributed by atoms with van der Waals surface area (Å²) in [5.41, 5.74) is 1.96. The molecule has 0 unspecified atom stereocenters. The highest BCUT2D eigenvalue weighted by atomic mass is 79.9. The molecule has 0 fully saturated rings. The third-order valence-corrected chi connectivity index (χ3v) is 4.69. The van der Waals surface area contributed by atoms with Gasteiger partial charge in [0.05, 0.1) is 47.8 Å². The van der Waals surface area contributed by atoms with Crippen LogP contribution in [-0.4, -0.2) is 34.5 Å². The Hall–Kier alpha value is -4.06. The lowest BCUT2D eigenvalue weighted by atomic mass is 10.2. The van der Waals surface area contributed by atoms with Gasteiger partial charge in [0.2, 0.25) is 0 Å². The summed E-state index contributed by atoms with van der Waals surface area (Å²) in [6, 6.07) is 17.1. The number of aromatic hydroxyl groups is 1. The SMILES string of the molecule is O=[N+]([O-])c1ccn(Cc2ccc(Br)cc2)n1.O=[N+]([O-])c1ccn(Cc2ccc(O)cc2)n1. The summed E-state index contributed by atoms with van der Waals surface area (Å²) < 4.78 is 4.02. The summed E-state index contributed by atoms with van der Waals surface area (Å²) in [6.07, 6.45) is 3.14. The predicted molar refractivity (Wildman–Crippen MR) is 118 cm³/mol. The van der Waals surface area contributed by atoms with Gasteiger partial charge in [-0.2, -0.15) is 9.36 Å². The highest BCUT2D eigenvalue weighted by molar-refractivity contribution is 9.10. The Morgan fingerprint density at radius 1 is 0.750 bits per heavy atom. The zero-order valence-corrected chi connectivity index (χ0v) is 18.1. The van der Waals surface area contributed by atoms with Gasteiger partial charge < -0.3 is 25.3 Å². The van der Waals surface area contributed by atoms with E-state index in [1.54, 1.807) is 41.3 Å². The Bertz CT molecular complexity index is 1110. The van der Waals surface area contributed by atoms with Crippen LogP contribution >= 0.6 is 15.9 Å². The first-order chi connectivity index (χ1) is 15.3. The van der Waals surface area contributed by atoms with Gasteiger partial charge in [0.1, 0.15) is 5.75 Å².